The summed E-state index contributed by atoms with van der Waals surface area (Å²) in [5.41, 5.74) is 9.15. The molecule has 2 aliphatic rings. The highest BCUT2D eigenvalue weighted by Gasteiger charge is 2.44. The number of benzene rings is 2. The Morgan fingerprint density at radius 3 is 2.58 bits per heavy atom. The van der Waals surface area contributed by atoms with Crippen LogP contribution in [0.1, 0.15) is 51.1 Å². The van der Waals surface area contributed by atoms with Crippen molar-refractivity contribution in [1.82, 2.24) is 10.2 Å². The summed E-state index contributed by atoms with van der Waals surface area (Å²) in [6, 6.07) is 12.2. The minimum atomic E-state index is -0.956. The standard InChI is InChI=1S/C23H24N4O4/c24-10-2-4-14-3-1-5-16(11-14)25-13-15-6-7-17-18(12-15)23(31)27(22(17)30)19-8-9-20(28)26-21(19)29/h1,3,5-7,11-12,19,25H,2,4,8-10,13,24H2,(H,26,28,29). The molecule has 2 aliphatic heterocycles. The number of rotatable bonds is 7. The van der Waals surface area contributed by atoms with Gasteiger partial charge in [-0.15, -0.1) is 0 Å². The molecule has 1 saturated heterocycles. The van der Waals surface area contributed by atoms with Gasteiger partial charge in [0.25, 0.3) is 11.8 Å². The predicted octanol–water partition coefficient (Wildman–Crippen LogP) is 1.59. The molecule has 4 rings (SSSR count). The van der Waals surface area contributed by atoms with Crippen molar-refractivity contribution in [2.45, 2.75) is 38.3 Å². The lowest BCUT2D eigenvalue weighted by molar-refractivity contribution is -0.136. The molecule has 0 aromatic heterocycles. The zero-order valence-electron chi connectivity index (χ0n) is 17.0. The second kappa shape index (κ2) is 8.69. The van der Waals surface area contributed by atoms with E-state index >= 15 is 0 Å². The Labute approximate surface area is 179 Å². The molecule has 0 aliphatic carbocycles. The summed E-state index contributed by atoms with van der Waals surface area (Å²) in [4.78, 5) is 50.2. The minimum absolute atomic E-state index is 0.101. The summed E-state index contributed by atoms with van der Waals surface area (Å²) in [6.07, 6.45) is 2.08. The molecule has 31 heavy (non-hydrogen) atoms. The zero-order chi connectivity index (χ0) is 22.0. The molecule has 8 nitrogen and oxygen atoms in total. The van der Waals surface area contributed by atoms with Crippen molar-refractivity contribution < 1.29 is 19.2 Å². The molecular weight excluding hydrogens is 396 g/mol. The second-order valence-electron chi connectivity index (χ2n) is 7.77. The summed E-state index contributed by atoms with van der Waals surface area (Å²) in [6.45, 7) is 1.13. The first kappa shape index (κ1) is 20.7. The zero-order valence-corrected chi connectivity index (χ0v) is 17.0. The molecule has 2 heterocycles. The van der Waals surface area contributed by atoms with Crippen molar-refractivity contribution in [1.29, 1.82) is 0 Å². The number of nitrogens with one attached hydrogen (secondary N) is 2. The Balaban J connectivity index is 1.47. The lowest BCUT2D eigenvalue weighted by atomic mass is 10.0. The lowest BCUT2D eigenvalue weighted by Crippen LogP contribution is -2.54. The van der Waals surface area contributed by atoms with Crippen molar-refractivity contribution >= 4 is 29.3 Å². The van der Waals surface area contributed by atoms with Gasteiger partial charge in [-0.05, 0) is 61.2 Å². The van der Waals surface area contributed by atoms with E-state index in [0.29, 0.717) is 13.1 Å². The van der Waals surface area contributed by atoms with Crippen LogP contribution >= 0.6 is 0 Å². The van der Waals surface area contributed by atoms with Gasteiger partial charge in [-0.1, -0.05) is 18.2 Å². The fourth-order valence-electron chi connectivity index (χ4n) is 3.98. The molecule has 0 bridgehead atoms. The average Bonchev–Trinajstić information content (AvgIpc) is 3.01. The van der Waals surface area contributed by atoms with E-state index in [-0.39, 0.29) is 24.0 Å². The molecule has 0 spiro atoms. The van der Waals surface area contributed by atoms with Gasteiger partial charge in [-0.25, -0.2) is 0 Å². The summed E-state index contributed by atoms with van der Waals surface area (Å²) < 4.78 is 0. The number of imide groups is 2. The van der Waals surface area contributed by atoms with Crippen LogP contribution < -0.4 is 16.4 Å². The van der Waals surface area contributed by atoms with E-state index in [4.69, 9.17) is 5.73 Å². The van der Waals surface area contributed by atoms with Crippen LogP contribution in [0.4, 0.5) is 5.69 Å². The number of carbonyl (C=O) groups excluding carboxylic acids is 4. The molecule has 0 saturated carbocycles. The fourth-order valence-corrected chi connectivity index (χ4v) is 3.98. The van der Waals surface area contributed by atoms with Gasteiger partial charge < -0.3 is 11.1 Å². The van der Waals surface area contributed by atoms with Crippen molar-refractivity contribution in [3.63, 3.8) is 0 Å². The first-order valence-corrected chi connectivity index (χ1v) is 10.4. The van der Waals surface area contributed by atoms with Gasteiger partial charge in [0.1, 0.15) is 6.04 Å². The Hall–Kier alpha value is -3.52. The van der Waals surface area contributed by atoms with Crippen LogP contribution in [0, 0.1) is 0 Å². The minimum Gasteiger partial charge on any atom is -0.381 e. The molecule has 1 atom stereocenters. The van der Waals surface area contributed by atoms with Gasteiger partial charge in [-0.2, -0.15) is 0 Å². The van der Waals surface area contributed by atoms with E-state index in [9.17, 15) is 19.2 Å². The normalized spacial score (nSPS) is 18.2. The van der Waals surface area contributed by atoms with Crippen molar-refractivity contribution in [3.05, 3.63) is 64.7 Å². The van der Waals surface area contributed by atoms with Crippen LogP contribution in [0.15, 0.2) is 42.5 Å². The molecule has 2 aromatic carbocycles. The number of piperidine rings is 1. The number of amides is 4. The van der Waals surface area contributed by atoms with E-state index < -0.39 is 29.7 Å². The van der Waals surface area contributed by atoms with Gasteiger partial charge >= 0.3 is 0 Å². The quantitative estimate of drug-likeness (QED) is 0.585. The summed E-state index contributed by atoms with van der Waals surface area (Å²) in [7, 11) is 0. The van der Waals surface area contributed by atoms with Crippen LogP contribution in [0.3, 0.4) is 0 Å². The Kier molecular flexibility index (Phi) is 5.81. The third kappa shape index (κ3) is 4.20. The number of anilines is 1. The summed E-state index contributed by atoms with van der Waals surface area (Å²) >= 11 is 0. The van der Waals surface area contributed by atoms with Crippen molar-refractivity contribution in [2.75, 3.05) is 11.9 Å². The first-order valence-electron chi connectivity index (χ1n) is 10.4. The Morgan fingerprint density at radius 1 is 1.00 bits per heavy atom. The van der Waals surface area contributed by atoms with Crippen LogP contribution in [-0.2, 0) is 22.6 Å². The topological polar surface area (TPSA) is 122 Å². The number of hydrogen-bond acceptors (Lipinski definition) is 6. The first-order chi connectivity index (χ1) is 15.0. The molecule has 160 valence electrons. The largest absolute Gasteiger partial charge is 0.381 e. The number of nitrogens with zero attached hydrogens (tertiary/aromatic N) is 1. The van der Waals surface area contributed by atoms with E-state index in [0.717, 1.165) is 29.0 Å². The maximum atomic E-state index is 12.9. The van der Waals surface area contributed by atoms with Gasteiger partial charge in [0.2, 0.25) is 11.8 Å². The molecular formula is C23H24N4O4. The molecule has 2 aromatic rings. The van der Waals surface area contributed by atoms with Gasteiger partial charge in [-0.3, -0.25) is 29.4 Å². The van der Waals surface area contributed by atoms with Gasteiger partial charge in [0, 0.05) is 18.7 Å². The highest BCUT2D eigenvalue weighted by atomic mass is 16.2. The van der Waals surface area contributed by atoms with E-state index in [1.807, 2.05) is 12.1 Å². The summed E-state index contributed by atoms with van der Waals surface area (Å²) in [5, 5.41) is 5.54. The monoisotopic (exact) mass is 420 g/mol. The molecule has 1 unspecified atom stereocenters. The highest BCUT2D eigenvalue weighted by molar-refractivity contribution is 6.23. The van der Waals surface area contributed by atoms with E-state index in [1.54, 1.807) is 18.2 Å². The van der Waals surface area contributed by atoms with Crippen LogP contribution in [0.5, 0.6) is 0 Å². The SMILES string of the molecule is NCCCc1cccc(NCc2ccc3c(c2)C(=O)N(C2CCC(=O)NC2=O)C3=O)c1. The second-order valence-corrected chi connectivity index (χ2v) is 7.77. The Bertz CT molecular complexity index is 1070. The van der Waals surface area contributed by atoms with Crippen molar-refractivity contribution in [3.8, 4) is 0 Å². The summed E-state index contributed by atoms with van der Waals surface area (Å²) in [5.74, 6) is -2.00. The van der Waals surface area contributed by atoms with Crippen LogP contribution in [-0.4, -0.2) is 41.1 Å². The van der Waals surface area contributed by atoms with Crippen LogP contribution in [0.2, 0.25) is 0 Å². The third-order valence-electron chi connectivity index (χ3n) is 5.60. The number of hydrogen-bond donors (Lipinski definition) is 3. The Morgan fingerprint density at radius 2 is 1.81 bits per heavy atom. The number of aryl methyl sites for hydroxylation is 1. The maximum absolute atomic E-state index is 12.9. The number of carbonyl (C=O) groups is 4. The molecule has 8 heteroatoms. The predicted molar refractivity (Wildman–Crippen MR) is 114 cm³/mol. The van der Waals surface area contributed by atoms with Gasteiger partial charge in [0.15, 0.2) is 0 Å². The lowest BCUT2D eigenvalue weighted by Gasteiger charge is -2.27. The molecule has 0 radical (unpaired) electrons. The fraction of sp³-hybridized carbons (Fsp3) is 0.304. The molecule has 4 N–H and O–H groups in total. The molecule has 1 fully saturated rings. The smallest absolute Gasteiger partial charge is 0.262 e. The average molecular weight is 420 g/mol. The maximum Gasteiger partial charge on any atom is 0.262 e. The van der Waals surface area contributed by atoms with Crippen molar-refractivity contribution in [2.24, 2.45) is 5.73 Å². The third-order valence-corrected chi connectivity index (χ3v) is 5.60. The van der Waals surface area contributed by atoms with E-state index in [1.165, 1.54) is 5.56 Å². The number of fused-ring (bicyclic) bond motifs is 1. The van der Waals surface area contributed by atoms with Gasteiger partial charge in [0.05, 0.1) is 11.1 Å². The molecule has 4 amide bonds. The highest BCUT2D eigenvalue weighted by Crippen LogP contribution is 2.28. The van der Waals surface area contributed by atoms with E-state index in [2.05, 4.69) is 22.8 Å². The number of nitrogens with two attached hydrogens (primary N) is 1. The van der Waals surface area contributed by atoms with Crippen LogP contribution in [0.25, 0.3) is 0 Å².